The molecule has 1 heterocycles. The van der Waals surface area contributed by atoms with E-state index < -0.39 is 11.5 Å². The molecule has 0 spiro atoms. The van der Waals surface area contributed by atoms with Crippen LogP contribution in [0.3, 0.4) is 0 Å². The summed E-state index contributed by atoms with van der Waals surface area (Å²) in [7, 11) is 0. The number of hydrogen-bond donors (Lipinski definition) is 2. The number of carboxylic acids is 1. The summed E-state index contributed by atoms with van der Waals surface area (Å²) in [6.07, 6.45) is 3.59. The van der Waals surface area contributed by atoms with E-state index in [1.807, 2.05) is 13.8 Å². The van der Waals surface area contributed by atoms with Crippen LogP contribution in [0.2, 0.25) is 0 Å². The van der Waals surface area contributed by atoms with Gasteiger partial charge in [0, 0.05) is 24.7 Å². The van der Waals surface area contributed by atoms with Crippen molar-refractivity contribution in [1.82, 2.24) is 10.2 Å². The first-order valence-electron chi connectivity index (χ1n) is 7.03. The summed E-state index contributed by atoms with van der Waals surface area (Å²) >= 11 is 0. The molecule has 0 radical (unpaired) electrons. The SMILES string of the molecule is CC(C)NC(C)(CN1C(C)CCCC1C)C(=O)O. The third-order valence-electron chi connectivity index (χ3n) is 3.95. The van der Waals surface area contributed by atoms with Crippen molar-refractivity contribution in [2.45, 2.75) is 77.5 Å². The number of carboxylic acid groups (broad SMARTS) is 1. The predicted molar refractivity (Wildman–Crippen MR) is 73.8 cm³/mol. The van der Waals surface area contributed by atoms with E-state index in [1.54, 1.807) is 6.92 Å². The molecule has 0 amide bonds. The number of hydrogen-bond acceptors (Lipinski definition) is 3. The molecule has 1 rings (SSSR count). The average molecular weight is 256 g/mol. The first-order chi connectivity index (χ1) is 8.26. The van der Waals surface area contributed by atoms with Crippen molar-refractivity contribution in [3.63, 3.8) is 0 Å². The molecule has 0 aromatic rings. The summed E-state index contributed by atoms with van der Waals surface area (Å²) in [5.41, 5.74) is -0.867. The van der Waals surface area contributed by atoms with Crippen molar-refractivity contribution in [2.24, 2.45) is 0 Å². The molecule has 106 valence electrons. The number of aliphatic carboxylic acids is 1. The highest BCUT2D eigenvalue weighted by molar-refractivity contribution is 5.78. The molecule has 0 bridgehead atoms. The number of piperidine rings is 1. The zero-order valence-corrected chi connectivity index (χ0v) is 12.4. The molecule has 0 aromatic carbocycles. The number of carbonyl (C=O) groups is 1. The molecule has 3 atom stereocenters. The molecule has 0 aromatic heterocycles. The van der Waals surface area contributed by atoms with Gasteiger partial charge in [-0.3, -0.25) is 15.0 Å². The summed E-state index contributed by atoms with van der Waals surface area (Å²) in [5, 5.41) is 12.7. The van der Waals surface area contributed by atoms with Crippen LogP contribution in [0, 0.1) is 0 Å². The lowest BCUT2D eigenvalue weighted by atomic mass is 9.92. The molecule has 1 fully saturated rings. The fourth-order valence-corrected chi connectivity index (χ4v) is 2.96. The molecule has 4 nitrogen and oxygen atoms in total. The maximum atomic E-state index is 11.6. The van der Waals surface area contributed by atoms with E-state index >= 15 is 0 Å². The van der Waals surface area contributed by atoms with Gasteiger partial charge in [-0.15, -0.1) is 0 Å². The highest BCUT2D eigenvalue weighted by Crippen LogP contribution is 2.24. The van der Waals surface area contributed by atoms with Crippen molar-refractivity contribution >= 4 is 5.97 Å². The fraction of sp³-hybridized carbons (Fsp3) is 0.929. The van der Waals surface area contributed by atoms with Gasteiger partial charge in [0.05, 0.1) is 0 Å². The van der Waals surface area contributed by atoms with E-state index in [0.29, 0.717) is 18.6 Å². The molecule has 2 N–H and O–H groups in total. The minimum atomic E-state index is -0.867. The molecular weight excluding hydrogens is 228 g/mol. The number of nitrogens with zero attached hydrogens (tertiary/aromatic N) is 1. The van der Waals surface area contributed by atoms with E-state index in [9.17, 15) is 9.90 Å². The average Bonchev–Trinajstić information content (AvgIpc) is 2.22. The molecule has 1 aliphatic rings. The Kier molecular flexibility index (Phi) is 5.17. The predicted octanol–water partition coefficient (Wildman–Crippen LogP) is 2.09. The van der Waals surface area contributed by atoms with Gasteiger partial charge in [0.2, 0.25) is 0 Å². The Labute approximate surface area is 111 Å². The standard InChI is InChI=1S/C14H28N2O2/c1-10(2)15-14(5,13(17)18)9-16-11(3)7-6-8-12(16)4/h10-12,15H,6-9H2,1-5H3,(H,17,18). The molecule has 18 heavy (non-hydrogen) atoms. The van der Waals surface area contributed by atoms with Crippen LogP contribution in [-0.4, -0.2) is 46.2 Å². The molecule has 0 saturated carbocycles. The molecular formula is C14H28N2O2. The third kappa shape index (κ3) is 3.69. The normalized spacial score (nSPS) is 29.2. The topological polar surface area (TPSA) is 52.6 Å². The van der Waals surface area contributed by atoms with Gasteiger partial charge in [0.15, 0.2) is 0 Å². The second-order valence-electron chi connectivity index (χ2n) is 6.24. The lowest BCUT2D eigenvalue weighted by molar-refractivity contribution is -0.146. The lowest BCUT2D eigenvalue weighted by Gasteiger charge is -2.43. The van der Waals surface area contributed by atoms with Gasteiger partial charge in [-0.05, 0) is 47.5 Å². The van der Waals surface area contributed by atoms with Crippen molar-refractivity contribution in [1.29, 1.82) is 0 Å². The largest absolute Gasteiger partial charge is 0.480 e. The van der Waals surface area contributed by atoms with E-state index in [1.165, 1.54) is 19.3 Å². The van der Waals surface area contributed by atoms with Crippen LogP contribution >= 0.6 is 0 Å². The minimum absolute atomic E-state index is 0.168. The lowest BCUT2D eigenvalue weighted by Crippen LogP contribution is -2.61. The van der Waals surface area contributed by atoms with E-state index in [2.05, 4.69) is 24.1 Å². The minimum Gasteiger partial charge on any atom is -0.480 e. The van der Waals surface area contributed by atoms with Gasteiger partial charge < -0.3 is 5.11 Å². The smallest absolute Gasteiger partial charge is 0.324 e. The Morgan fingerprint density at radius 2 is 1.89 bits per heavy atom. The Balaban J connectivity index is 2.79. The highest BCUT2D eigenvalue weighted by Gasteiger charge is 2.38. The van der Waals surface area contributed by atoms with Crippen molar-refractivity contribution in [3.05, 3.63) is 0 Å². The summed E-state index contributed by atoms with van der Waals surface area (Å²) < 4.78 is 0. The van der Waals surface area contributed by atoms with Crippen LogP contribution in [0.25, 0.3) is 0 Å². The Morgan fingerprint density at radius 1 is 1.39 bits per heavy atom. The molecule has 1 saturated heterocycles. The van der Waals surface area contributed by atoms with Gasteiger partial charge >= 0.3 is 5.97 Å². The van der Waals surface area contributed by atoms with E-state index in [-0.39, 0.29) is 6.04 Å². The molecule has 4 heteroatoms. The van der Waals surface area contributed by atoms with E-state index in [0.717, 1.165) is 0 Å². The third-order valence-corrected chi connectivity index (χ3v) is 3.95. The zero-order chi connectivity index (χ0) is 13.9. The second kappa shape index (κ2) is 6.02. The van der Waals surface area contributed by atoms with Gasteiger partial charge in [-0.2, -0.15) is 0 Å². The van der Waals surface area contributed by atoms with Crippen LogP contribution in [0.1, 0.15) is 53.9 Å². The van der Waals surface area contributed by atoms with Crippen LogP contribution in [0.4, 0.5) is 0 Å². The first-order valence-corrected chi connectivity index (χ1v) is 7.03. The van der Waals surface area contributed by atoms with Crippen LogP contribution < -0.4 is 5.32 Å². The molecule has 0 aliphatic carbocycles. The van der Waals surface area contributed by atoms with Crippen molar-refractivity contribution in [2.75, 3.05) is 6.54 Å². The highest BCUT2D eigenvalue weighted by atomic mass is 16.4. The molecule has 3 unspecified atom stereocenters. The number of likely N-dealkylation sites (tertiary alicyclic amines) is 1. The molecule has 1 aliphatic heterocycles. The van der Waals surface area contributed by atoms with Crippen LogP contribution in [0.5, 0.6) is 0 Å². The van der Waals surface area contributed by atoms with Gasteiger partial charge in [-0.1, -0.05) is 6.42 Å². The summed E-state index contributed by atoms with van der Waals surface area (Å²) in [6.45, 7) is 10.8. The van der Waals surface area contributed by atoms with Crippen molar-refractivity contribution < 1.29 is 9.90 Å². The first kappa shape index (κ1) is 15.4. The monoisotopic (exact) mass is 256 g/mol. The Morgan fingerprint density at radius 3 is 2.28 bits per heavy atom. The number of rotatable bonds is 5. The number of nitrogens with one attached hydrogen (secondary N) is 1. The van der Waals surface area contributed by atoms with Crippen molar-refractivity contribution in [3.8, 4) is 0 Å². The summed E-state index contributed by atoms with van der Waals surface area (Å²) in [6, 6.07) is 1.12. The summed E-state index contributed by atoms with van der Waals surface area (Å²) in [4.78, 5) is 13.9. The van der Waals surface area contributed by atoms with Crippen LogP contribution in [-0.2, 0) is 4.79 Å². The Bertz CT molecular complexity index is 284. The maximum Gasteiger partial charge on any atom is 0.324 e. The van der Waals surface area contributed by atoms with Gasteiger partial charge in [0.1, 0.15) is 5.54 Å². The van der Waals surface area contributed by atoms with Gasteiger partial charge in [-0.25, -0.2) is 0 Å². The van der Waals surface area contributed by atoms with Crippen LogP contribution in [0.15, 0.2) is 0 Å². The summed E-state index contributed by atoms with van der Waals surface area (Å²) in [5.74, 6) is -0.763. The quantitative estimate of drug-likeness (QED) is 0.791. The van der Waals surface area contributed by atoms with E-state index in [4.69, 9.17) is 0 Å². The Hall–Kier alpha value is -0.610. The van der Waals surface area contributed by atoms with Gasteiger partial charge in [0.25, 0.3) is 0 Å². The zero-order valence-electron chi connectivity index (χ0n) is 12.4. The second-order valence-corrected chi connectivity index (χ2v) is 6.24. The maximum absolute atomic E-state index is 11.6. The fourth-order valence-electron chi connectivity index (χ4n) is 2.96.